The zero-order valence-corrected chi connectivity index (χ0v) is 15.5. The van der Waals surface area contributed by atoms with Crippen LogP contribution in [0.25, 0.3) is 0 Å². The molecule has 1 fully saturated rings. The molecule has 0 bridgehead atoms. The molecule has 0 amide bonds. The lowest BCUT2D eigenvalue weighted by Gasteiger charge is -2.22. The van der Waals surface area contributed by atoms with Gasteiger partial charge in [-0.3, -0.25) is 9.79 Å². The second-order valence-electron chi connectivity index (χ2n) is 6.21. The number of rotatable bonds is 7. The van der Waals surface area contributed by atoms with Gasteiger partial charge in [-0.2, -0.15) is 0 Å². The number of unbranched alkanes of at least 4 members (excludes halogenated alkanes) is 1. The normalized spacial score (nSPS) is 17.5. The molecule has 0 saturated carbocycles. The van der Waals surface area contributed by atoms with Gasteiger partial charge in [0.15, 0.2) is 5.96 Å². The van der Waals surface area contributed by atoms with Crippen LogP contribution in [0.4, 0.5) is 0 Å². The van der Waals surface area contributed by atoms with E-state index in [9.17, 15) is 4.79 Å². The highest BCUT2D eigenvalue weighted by atomic mass is 16.5. The zero-order chi connectivity index (χ0) is 18.1. The minimum absolute atomic E-state index is 0.147. The third-order valence-electron chi connectivity index (χ3n) is 4.61. The van der Waals surface area contributed by atoms with E-state index in [2.05, 4.69) is 32.1 Å². The van der Waals surface area contributed by atoms with Gasteiger partial charge in [0.2, 0.25) is 0 Å². The number of guanidine groups is 1. The Morgan fingerprint density at radius 3 is 2.68 bits per heavy atom. The summed E-state index contributed by atoms with van der Waals surface area (Å²) in [5.41, 5.74) is 1.34. The van der Waals surface area contributed by atoms with Crippen LogP contribution in [0, 0.1) is 0 Å². The standard InChI is InChI=1S/C19H29N3O3/c1-20-19(21-12-5-4-6-18(23)25-3)22-13-11-16(14-22)15-7-9-17(24-2)10-8-15/h7-10,16H,4-6,11-14H2,1-3H3,(H,20,21). The summed E-state index contributed by atoms with van der Waals surface area (Å²) in [6.07, 6.45) is 3.34. The fraction of sp³-hybridized carbons (Fsp3) is 0.579. The van der Waals surface area contributed by atoms with Gasteiger partial charge < -0.3 is 19.7 Å². The highest BCUT2D eigenvalue weighted by molar-refractivity contribution is 5.80. The van der Waals surface area contributed by atoms with Crippen molar-refractivity contribution in [2.75, 3.05) is 40.9 Å². The maximum absolute atomic E-state index is 11.1. The van der Waals surface area contributed by atoms with Crippen molar-refractivity contribution in [2.45, 2.75) is 31.6 Å². The molecule has 1 heterocycles. The Balaban J connectivity index is 1.77. The zero-order valence-electron chi connectivity index (χ0n) is 15.5. The molecule has 25 heavy (non-hydrogen) atoms. The molecule has 6 heteroatoms. The van der Waals surface area contributed by atoms with Crippen LogP contribution in [-0.4, -0.2) is 57.7 Å². The average molecular weight is 347 g/mol. The summed E-state index contributed by atoms with van der Waals surface area (Å²) in [4.78, 5) is 17.8. The number of hydrogen-bond acceptors (Lipinski definition) is 4. The van der Waals surface area contributed by atoms with Gasteiger partial charge >= 0.3 is 5.97 Å². The van der Waals surface area contributed by atoms with Crippen molar-refractivity contribution in [1.29, 1.82) is 0 Å². The molecule has 2 rings (SSSR count). The molecule has 6 nitrogen and oxygen atoms in total. The maximum Gasteiger partial charge on any atom is 0.305 e. The first-order chi connectivity index (χ1) is 12.2. The topological polar surface area (TPSA) is 63.2 Å². The van der Waals surface area contributed by atoms with Crippen molar-refractivity contribution < 1.29 is 14.3 Å². The highest BCUT2D eigenvalue weighted by Crippen LogP contribution is 2.28. The van der Waals surface area contributed by atoms with E-state index in [1.807, 2.05) is 19.2 Å². The fourth-order valence-corrected chi connectivity index (χ4v) is 3.13. The number of benzene rings is 1. The molecule has 138 valence electrons. The smallest absolute Gasteiger partial charge is 0.305 e. The van der Waals surface area contributed by atoms with Gasteiger partial charge in [-0.25, -0.2) is 0 Å². The highest BCUT2D eigenvalue weighted by Gasteiger charge is 2.25. The molecule has 0 radical (unpaired) electrons. The number of ether oxygens (including phenoxy) is 2. The van der Waals surface area contributed by atoms with Crippen molar-refractivity contribution >= 4 is 11.9 Å². The molecule has 0 aromatic heterocycles. The van der Waals surface area contributed by atoms with E-state index < -0.39 is 0 Å². The summed E-state index contributed by atoms with van der Waals surface area (Å²) >= 11 is 0. The van der Waals surface area contributed by atoms with Gasteiger partial charge in [-0.1, -0.05) is 12.1 Å². The Morgan fingerprint density at radius 2 is 2.04 bits per heavy atom. The van der Waals surface area contributed by atoms with Crippen LogP contribution in [0.5, 0.6) is 5.75 Å². The van der Waals surface area contributed by atoms with Crippen LogP contribution in [0.3, 0.4) is 0 Å². The van der Waals surface area contributed by atoms with E-state index in [4.69, 9.17) is 4.74 Å². The predicted octanol–water partition coefficient (Wildman–Crippen LogP) is 2.40. The first-order valence-corrected chi connectivity index (χ1v) is 8.84. The number of nitrogens with one attached hydrogen (secondary N) is 1. The molecular formula is C19H29N3O3. The van der Waals surface area contributed by atoms with E-state index in [1.165, 1.54) is 12.7 Å². The fourth-order valence-electron chi connectivity index (χ4n) is 3.13. The van der Waals surface area contributed by atoms with Gasteiger partial charge in [0.1, 0.15) is 5.75 Å². The Kier molecular flexibility index (Phi) is 7.57. The summed E-state index contributed by atoms with van der Waals surface area (Å²) in [5.74, 6) is 2.20. The van der Waals surface area contributed by atoms with E-state index in [0.717, 1.165) is 50.6 Å². The lowest BCUT2D eigenvalue weighted by Crippen LogP contribution is -2.40. The Labute approximate surface area is 150 Å². The van der Waals surface area contributed by atoms with Gasteiger partial charge in [-0.15, -0.1) is 0 Å². The summed E-state index contributed by atoms with van der Waals surface area (Å²) in [6.45, 7) is 2.78. The second kappa shape index (κ2) is 9.91. The van der Waals surface area contributed by atoms with E-state index in [0.29, 0.717) is 12.3 Å². The van der Waals surface area contributed by atoms with Crippen molar-refractivity contribution in [2.24, 2.45) is 4.99 Å². The first kappa shape index (κ1) is 19.1. The minimum Gasteiger partial charge on any atom is -0.497 e. The van der Waals surface area contributed by atoms with Crippen molar-refractivity contribution in [3.8, 4) is 5.75 Å². The van der Waals surface area contributed by atoms with Crippen LogP contribution in [0.15, 0.2) is 29.3 Å². The van der Waals surface area contributed by atoms with E-state index in [1.54, 1.807) is 7.11 Å². The summed E-state index contributed by atoms with van der Waals surface area (Å²) in [5, 5.41) is 3.40. The van der Waals surface area contributed by atoms with Crippen molar-refractivity contribution in [1.82, 2.24) is 10.2 Å². The summed E-state index contributed by atoms with van der Waals surface area (Å²) in [7, 11) is 4.93. The van der Waals surface area contributed by atoms with Crippen LogP contribution >= 0.6 is 0 Å². The number of carbonyl (C=O) groups is 1. The largest absolute Gasteiger partial charge is 0.497 e. The van der Waals surface area contributed by atoms with Crippen molar-refractivity contribution in [3.05, 3.63) is 29.8 Å². The summed E-state index contributed by atoms with van der Waals surface area (Å²) < 4.78 is 9.88. The number of likely N-dealkylation sites (tertiary alicyclic amines) is 1. The number of esters is 1. The Bertz CT molecular complexity index is 572. The molecule has 1 atom stereocenters. The van der Waals surface area contributed by atoms with Gasteiger partial charge in [-0.05, 0) is 37.0 Å². The van der Waals surface area contributed by atoms with Gasteiger partial charge in [0.05, 0.1) is 14.2 Å². The molecule has 1 aromatic rings. The van der Waals surface area contributed by atoms with E-state index >= 15 is 0 Å². The van der Waals surface area contributed by atoms with Crippen LogP contribution in [0.2, 0.25) is 0 Å². The van der Waals surface area contributed by atoms with Crippen LogP contribution < -0.4 is 10.1 Å². The number of carbonyl (C=O) groups excluding carboxylic acids is 1. The van der Waals surface area contributed by atoms with E-state index in [-0.39, 0.29) is 5.97 Å². The molecule has 1 unspecified atom stereocenters. The lowest BCUT2D eigenvalue weighted by atomic mass is 9.98. The minimum atomic E-state index is -0.147. The quantitative estimate of drug-likeness (QED) is 0.355. The third-order valence-corrected chi connectivity index (χ3v) is 4.61. The first-order valence-electron chi connectivity index (χ1n) is 8.84. The summed E-state index contributed by atoms with van der Waals surface area (Å²) in [6, 6.07) is 8.34. The molecular weight excluding hydrogens is 318 g/mol. The Morgan fingerprint density at radius 1 is 1.28 bits per heavy atom. The second-order valence-corrected chi connectivity index (χ2v) is 6.21. The maximum atomic E-state index is 11.1. The predicted molar refractivity (Wildman–Crippen MR) is 99.2 cm³/mol. The number of nitrogens with zero attached hydrogens (tertiary/aromatic N) is 2. The molecule has 0 aliphatic carbocycles. The lowest BCUT2D eigenvalue weighted by molar-refractivity contribution is -0.140. The Hall–Kier alpha value is -2.24. The van der Waals surface area contributed by atoms with Crippen molar-refractivity contribution in [3.63, 3.8) is 0 Å². The average Bonchev–Trinajstić information content (AvgIpc) is 3.14. The number of aliphatic imine (C=N–C) groups is 1. The molecule has 0 spiro atoms. The monoisotopic (exact) mass is 347 g/mol. The molecule has 1 N–H and O–H groups in total. The molecule has 1 aliphatic rings. The number of hydrogen-bond donors (Lipinski definition) is 1. The molecule has 1 saturated heterocycles. The molecule has 1 aliphatic heterocycles. The van der Waals surface area contributed by atoms with Gasteiger partial charge in [0.25, 0.3) is 0 Å². The van der Waals surface area contributed by atoms with Crippen LogP contribution in [-0.2, 0) is 9.53 Å². The third kappa shape index (κ3) is 5.66. The van der Waals surface area contributed by atoms with Gasteiger partial charge in [0, 0.05) is 39.0 Å². The number of methoxy groups -OCH3 is 2. The molecule has 1 aromatic carbocycles. The SMILES string of the molecule is CN=C(NCCCCC(=O)OC)N1CCC(c2ccc(OC)cc2)C1. The van der Waals surface area contributed by atoms with Crippen LogP contribution in [0.1, 0.15) is 37.2 Å².